The third kappa shape index (κ3) is 3.46. The molecule has 0 bridgehead atoms. The number of hydrogen-bond donors (Lipinski definition) is 0. The largest absolute Gasteiger partial charge is 0.450 e. The fourth-order valence-electron chi connectivity index (χ4n) is 3.20. The number of rotatable bonds is 2. The molecule has 1 aromatic rings. The van der Waals surface area contributed by atoms with Crippen molar-refractivity contribution in [1.82, 2.24) is 9.80 Å². The zero-order valence-corrected chi connectivity index (χ0v) is 16.0. The Hall–Kier alpha value is -2.35. The minimum Gasteiger partial charge on any atom is -0.450 e. The van der Waals surface area contributed by atoms with Crippen LogP contribution in [0.2, 0.25) is 0 Å². The second-order valence-electron chi connectivity index (χ2n) is 6.38. The number of hydrogen-bond acceptors (Lipinski definition) is 5. The standard InChI is InChI=1S/C18H23N3O4S/c1-4-25-18(22)21-11-9-20(10-12-21)17-14(3)16(26(23,24)19-17)15-7-5-13(2)6-8-15/h5-8H,4,9-12H2,1-3H3. The van der Waals surface area contributed by atoms with E-state index < -0.39 is 10.0 Å². The highest BCUT2D eigenvalue weighted by Gasteiger charge is 2.35. The molecule has 8 heteroatoms. The van der Waals surface area contributed by atoms with Gasteiger partial charge in [0.05, 0.1) is 6.61 Å². The summed E-state index contributed by atoms with van der Waals surface area (Å²) in [5.74, 6) is 0.476. The minimum atomic E-state index is -3.72. The van der Waals surface area contributed by atoms with E-state index in [9.17, 15) is 13.2 Å². The Morgan fingerprint density at radius 2 is 1.73 bits per heavy atom. The van der Waals surface area contributed by atoms with Crippen LogP contribution in [0.25, 0.3) is 4.91 Å². The lowest BCUT2D eigenvalue weighted by Crippen LogP contribution is -2.50. The number of piperazine rings is 1. The average molecular weight is 377 g/mol. The van der Waals surface area contributed by atoms with Gasteiger partial charge in [-0.1, -0.05) is 29.8 Å². The molecule has 2 heterocycles. The van der Waals surface area contributed by atoms with Crippen molar-refractivity contribution in [3.8, 4) is 0 Å². The molecule has 0 saturated carbocycles. The van der Waals surface area contributed by atoms with Gasteiger partial charge in [-0.05, 0) is 26.3 Å². The highest BCUT2D eigenvalue weighted by Crippen LogP contribution is 2.33. The summed E-state index contributed by atoms with van der Waals surface area (Å²) < 4.78 is 34.3. The van der Waals surface area contributed by atoms with Crippen LogP contribution in [0, 0.1) is 6.92 Å². The summed E-state index contributed by atoms with van der Waals surface area (Å²) in [6, 6.07) is 7.40. The van der Waals surface area contributed by atoms with Gasteiger partial charge in [-0.15, -0.1) is 4.40 Å². The van der Waals surface area contributed by atoms with Gasteiger partial charge in [0.2, 0.25) is 0 Å². The SMILES string of the molecule is CCOC(=O)N1CCN(C2=NS(=O)(=O)C(c3ccc(C)cc3)=C2C)CC1. The Labute approximate surface area is 154 Å². The van der Waals surface area contributed by atoms with Crippen LogP contribution in [0.15, 0.2) is 34.2 Å². The van der Waals surface area contributed by atoms with Gasteiger partial charge < -0.3 is 14.5 Å². The summed E-state index contributed by atoms with van der Waals surface area (Å²) in [7, 11) is -3.72. The maximum absolute atomic E-state index is 12.6. The van der Waals surface area contributed by atoms with Crippen LogP contribution in [0.4, 0.5) is 4.79 Å². The van der Waals surface area contributed by atoms with Gasteiger partial charge in [-0.25, -0.2) is 4.79 Å². The van der Waals surface area contributed by atoms with Crippen LogP contribution in [-0.2, 0) is 14.8 Å². The van der Waals surface area contributed by atoms with E-state index in [1.54, 1.807) is 18.7 Å². The second-order valence-corrected chi connectivity index (χ2v) is 7.92. The highest BCUT2D eigenvalue weighted by molar-refractivity contribution is 8.00. The van der Waals surface area contributed by atoms with Crippen molar-refractivity contribution in [3.05, 3.63) is 41.0 Å². The number of sulfonamides is 1. The van der Waals surface area contributed by atoms with Crippen molar-refractivity contribution in [2.75, 3.05) is 32.8 Å². The van der Waals surface area contributed by atoms with Crippen LogP contribution < -0.4 is 0 Å². The molecular formula is C18H23N3O4S. The highest BCUT2D eigenvalue weighted by atomic mass is 32.2. The second kappa shape index (κ2) is 7.11. The van der Waals surface area contributed by atoms with Crippen molar-refractivity contribution in [2.45, 2.75) is 20.8 Å². The summed E-state index contributed by atoms with van der Waals surface area (Å²) in [6.45, 7) is 7.85. The van der Waals surface area contributed by atoms with Crippen LogP contribution in [0.3, 0.4) is 0 Å². The number of carbonyl (C=O) groups excluding carboxylic acids is 1. The monoisotopic (exact) mass is 377 g/mol. The van der Waals surface area contributed by atoms with E-state index in [4.69, 9.17) is 4.74 Å². The molecule has 0 aromatic heterocycles. The Balaban J connectivity index is 1.81. The molecule has 0 spiro atoms. The summed E-state index contributed by atoms with van der Waals surface area (Å²) in [5.41, 5.74) is 2.37. The quantitative estimate of drug-likeness (QED) is 0.790. The van der Waals surface area contributed by atoms with E-state index in [1.165, 1.54) is 0 Å². The third-order valence-corrected chi connectivity index (χ3v) is 6.03. The molecule has 26 heavy (non-hydrogen) atoms. The lowest BCUT2D eigenvalue weighted by atomic mass is 10.1. The van der Waals surface area contributed by atoms with Crippen molar-refractivity contribution < 1.29 is 17.9 Å². The lowest BCUT2D eigenvalue weighted by Gasteiger charge is -2.35. The Morgan fingerprint density at radius 3 is 2.31 bits per heavy atom. The molecule has 1 saturated heterocycles. The maximum atomic E-state index is 12.6. The van der Waals surface area contributed by atoms with Crippen LogP contribution in [0.5, 0.6) is 0 Å². The summed E-state index contributed by atoms with van der Waals surface area (Å²) in [5, 5.41) is 0. The van der Waals surface area contributed by atoms with Gasteiger partial charge in [0.25, 0.3) is 10.0 Å². The lowest BCUT2D eigenvalue weighted by molar-refractivity contribution is 0.0921. The van der Waals surface area contributed by atoms with E-state index in [-0.39, 0.29) is 11.0 Å². The number of ether oxygens (including phenoxy) is 1. The number of amidine groups is 1. The summed E-state index contributed by atoms with van der Waals surface area (Å²) in [4.78, 5) is 15.6. The number of nitrogens with zero attached hydrogens (tertiary/aromatic N) is 3. The molecule has 0 unspecified atom stereocenters. The predicted molar refractivity (Wildman–Crippen MR) is 100 cm³/mol. The molecule has 0 aliphatic carbocycles. The number of carbonyl (C=O) groups is 1. The van der Waals surface area contributed by atoms with E-state index in [2.05, 4.69) is 4.40 Å². The van der Waals surface area contributed by atoms with Crippen LogP contribution >= 0.6 is 0 Å². The summed E-state index contributed by atoms with van der Waals surface area (Å²) in [6.07, 6.45) is -0.333. The first-order chi connectivity index (χ1) is 12.3. The first-order valence-electron chi connectivity index (χ1n) is 8.63. The molecule has 0 atom stereocenters. The Kier molecular flexibility index (Phi) is 5.04. The predicted octanol–water partition coefficient (Wildman–Crippen LogP) is 2.24. The van der Waals surface area contributed by atoms with Gasteiger partial charge in [-0.3, -0.25) is 0 Å². The molecule has 2 aliphatic rings. The third-order valence-electron chi connectivity index (χ3n) is 4.56. The van der Waals surface area contributed by atoms with Gasteiger partial charge in [0.1, 0.15) is 10.7 Å². The van der Waals surface area contributed by atoms with Crippen LogP contribution in [0.1, 0.15) is 25.0 Å². The number of aryl methyl sites for hydroxylation is 1. The van der Waals surface area contributed by atoms with Gasteiger partial charge in [-0.2, -0.15) is 8.42 Å². The zero-order valence-electron chi connectivity index (χ0n) is 15.2. The van der Waals surface area contributed by atoms with Crippen molar-refractivity contribution in [3.63, 3.8) is 0 Å². The van der Waals surface area contributed by atoms with Crippen LogP contribution in [-0.4, -0.2) is 62.9 Å². The van der Waals surface area contributed by atoms with E-state index >= 15 is 0 Å². The molecule has 7 nitrogen and oxygen atoms in total. The molecular weight excluding hydrogens is 354 g/mol. The topological polar surface area (TPSA) is 79.3 Å². The molecule has 2 aliphatic heterocycles. The molecule has 0 N–H and O–H groups in total. The molecule has 1 fully saturated rings. The molecule has 140 valence electrons. The molecule has 1 aromatic carbocycles. The van der Waals surface area contributed by atoms with E-state index in [0.29, 0.717) is 49.8 Å². The zero-order chi connectivity index (χ0) is 18.9. The first kappa shape index (κ1) is 18.4. The smallest absolute Gasteiger partial charge is 0.409 e. The minimum absolute atomic E-state index is 0.264. The normalized spacial score (nSPS) is 19.6. The maximum Gasteiger partial charge on any atom is 0.409 e. The molecule has 1 amide bonds. The van der Waals surface area contributed by atoms with Gasteiger partial charge in [0.15, 0.2) is 0 Å². The van der Waals surface area contributed by atoms with Crippen molar-refractivity contribution >= 4 is 26.9 Å². The Morgan fingerprint density at radius 1 is 1.12 bits per heavy atom. The fraction of sp³-hybridized carbons (Fsp3) is 0.444. The van der Waals surface area contributed by atoms with Gasteiger partial charge in [0, 0.05) is 31.8 Å². The molecule has 3 rings (SSSR count). The van der Waals surface area contributed by atoms with Crippen molar-refractivity contribution in [2.24, 2.45) is 4.40 Å². The fourth-order valence-corrected chi connectivity index (χ4v) is 4.69. The number of amides is 1. The van der Waals surface area contributed by atoms with Crippen molar-refractivity contribution in [1.29, 1.82) is 0 Å². The Bertz CT molecular complexity index is 864. The van der Waals surface area contributed by atoms with E-state index in [0.717, 1.165) is 5.56 Å². The number of benzene rings is 1. The van der Waals surface area contributed by atoms with Gasteiger partial charge >= 0.3 is 6.09 Å². The first-order valence-corrected chi connectivity index (χ1v) is 10.1. The van der Waals surface area contributed by atoms with E-state index in [1.807, 2.05) is 36.1 Å². The summed E-state index contributed by atoms with van der Waals surface area (Å²) >= 11 is 0. The molecule has 0 radical (unpaired) electrons. The average Bonchev–Trinajstić information content (AvgIpc) is 2.85.